The van der Waals surface area contributed by atoms with Crippen molar-refractivity contribution < 1.29 is 15.3 Å². The maximum atomic E-state index is 10.2. The molecule has 3 nitrogen and oxygen atoms in total. The monoisotopic (exact) mass is 430 g/mol. The molecule has 0 heterocycles. The van der Waals surface area contributed by atoms with Gasteiger partial charge in [-0.25, -0.2) is 0 Å². The summed E-state index contributed by atoms with van der Waals surface area (Å²) in [6.45, 7) is 13.1. The van der Waals surface area contributed by atoms with Gasteiger partial charge in [-0.05, 0) is 99.5 Å². The van der Waals surface area contributed by atoms with Crippen LogP contribution in [-0.2, 0) is 0 Å². The molecule has 0 bridgehead atoms. The summed E-state index contributed by atoms with van der Waals surface area (Å²) in [5.74, 6) is 2.12. The molecule has 0 radical (unpaired) electrons. The average molecular weight is 431 g/mol. The first-order chi connectivity index (χ1) is 14.5. The minimum absolute atomic E-state index is 0.00868. The van der Waals surface area contributed by atoms with Crippen LogP contribution in [0.1, 0.15) is 91.9 Å². The van der Waals surface area contributed by atoms with Gasteiger partial charge in [0.25, 0.3) is 0 Å². The van der Waals surface area contributed by atoms with Crippen LogP contribution in [0, 0.1) is 29.1 Å². The third kappa shape index (κ3) is 5.72. The van der Waals surface area contributed by atoms with Crippen molar-refractivity contribution in [2.75, 3.05) is 6.61 Å². The van der Waals surface area contributed by atoms with Gasteiger partial charge in [0.1, 0.15) is 0 Å². The highest BCUT2D eigenvalue weighted by atomic mass is 16.3. The topological polar surface area (TPSA) is 60.7 Å². The van der Waals surface area contributed by atoms with E-state index in [2.05, 4.69) is 32.6 Å². The molecule has 0 unspecified atom stereocenters. The fourth-order valence-electron chi connectivity index (χ4n) is 7.04. The number of fused-ring (bicyclic) bond motifs is 1. The van der Waals surface area contributed by atoms with Crippen LogP contribution in [0.25, 0.3) is 0 Å². The van der Waals surface area contributed by atoms with Gasteiger partial charge in [0.15, 0.2) is 0 Å². The van der Waals surface area contributed by atoms with Crippen LogP contribution < -0.4 is 0 Å². The molecule has 3 N–H and O–H groups in total. The quantitative estimate of drug-likeness (QED) is 0.467. The van der Waals surface area contributed by atoms with Crippen LogP contribution in [0.5, 0.6) is 0 Å². The molecule has 0 saturated heterocycles. The molecule has 0 spiro atoms. The lowest BCUT2D eigenvalue weighted by Gasteiger charge is -2.44. The van der Waals surface area contributed by atoms with E-state index in [0.717, 1.165) is 29.9 Å². The van der Waals surface area contributed by atoms with Crippen molar-refractivity contribution in [3.8, 4) is 0 Å². The van der Waals surface area contributed by atoms with E-state index in [1.54, 1.807) is 5.57 Å². The van der Waals surface area contributed by atoms with E-state index in [1.807, 2.05) is 13.8 Å². The predicted molar refractivity (Wildman–Crippen MR) is 129 cm³/mol. The first kappa shape index (κ1) is 24.7. The third-order valence-corrected chi connectivity index (χ3v) is 8.81. The lowest BCUT2D eigenvalue weighted by atomic mass is 9.60. The molecule has 31 heavy (non-hydrogen) atoms. The third-order valence-electron chi connectivity index (χ3n) is 8.81. The Bertz CT molecular complexity index is 698. The van der Waals surface area contributed by atoms with E-state index in [-0.39, 0.29) is 18.6 Å². The summed E-state index contributed by atoms with van der Waals surface area (Å²) < 4.78 is 0. The Morgan fingerprint density at radius 3 is 2.68 bits per heavy atom. The molecular formula is C28H46O3. The van der Waals surface area contributed by atoms with Gasteiger partial charge in [0.2, 0.25) is 0 Å². The van der Waals surface area contributed by atoms with Crippen LogP contribution in [0.3, 0.4) is 0 Å². The fraction of sp³-hybridized carbons (Fsp3) is 0.786. The predicted octanol–water partition coefficient (Wildman–Crippen LogP) is 5.95. The van der Waals surface area contributed by atoms with Crippen molar-refractivity contribution >= 4 is 0 Å². The highest BCUT2D eigenvalue weighted by Gasteiger charge is 2.50. The summed E-state index contributed by atoms with van der Waals surface area (Å²) in [6, 6.07) is 0. The molecule has 3 aliphatic rings. The molecule has 3 aliphatic carbocycles. The van der Waals surface area contributed by atoms with Gasteiger partial charge in [-0.15, -0.1) is 0 Å². The molecule has 3 fully saturated rings. The first-order valence-corrected chi connectivity index (χ1v) is 12.6. The summed E-state index contributed by atoms with van der Waals surface area (Å²) in [6.07, 6.45) is 15.0. The second kappa shape index (κ2) is 9.93. The molecular weight excluding hydrogens is 384 g/mol. The number of hydrogen-bond donors (Lipinski definition) is 3. The Hall–Kier alpha value is -0.900. The van der Waals surface area contributed by atoms with Gasteiger partial charge in [-0.3, -0.25) is 0 Å². The highest BCUT2D eigenvalue weighted by molar-refractivity contribution is 5.38. The van der Waals surface area contributed by atoms with Crippen molar-refractivity contribution in [1.29, 1.82) is 0 Å². The standard InChI is InChI=1S/C28H46O3/c1-19(8-6-14-27(3,4)31)25-12-13-26-21(9-7-15-28(25,26)5)10-11-22-16-24(30)17-23(18-29)20(22)2/h10-11,19,23-26,29-31H,2,6-9,12-18H2,1,3-5H3/b21-10+,22-11-/t19-,23+,24+,25-,26+,28-/m1/s1. The SMILES string of the molecule is C=C1/C(=C\C=C2/CCC[C@]3(C)[C@@H]([C@H](C)CCCC(C)(C)O)CC[C@@H]23)C[C@H](O)C[C@H]1CO. The molecule has 0 aromatic rings. The van der Waals surface area contributed by atoms with E-state index in [1.165, 1.54) is 38.5 Å². The summed E-state index contributed by atoms with van der Waals surface area (Å²) >= 11 is 0. The van der Waals surface area contributed by atoms with Crippen molar-refractivity contribution in [3.05, 3.63) is 35.5 Å². The number of aliphatic hydroxyl groups excluding tert-OH is 2. The van der Waals surface area contributed by atoms with Gasteiger partial charge in [-0.1, -0.05) is 51.0 Å². The molecule has 3 saturated carbocycles. The average Bonchev–Trinajstić information content (AvgIpc) is 3.04. The van der Waals surface area contributed by atoms with Crippen LogP contribution in [0.15, 0.2) is 35.5 Å². The molecule has 176 valence electrons. The Morgan fingerprint density at radius 2 is 2.00 bits per heavy atom. The highest BCUT2D eigenvalue weighted by Crippen LogP contribution is 2.60. The summed E-state index contributed by atoms with van der Waals surface area (Å²) in [7, 11) is 0. The van der Waals surface area contributed by atoms with Crippen molar-refractivity contribution in [2.45, 2.75) is 104 Å². The van der Waals surface area contributed by atoms with Gasteiger partial charge < -0.3 is 15.3 Å². The smallest absolute Gasteiger partial charge is 0.0591 e. The van der Waals surface area contributed by atoms with Crippen LogP contribution in [0.2, 0.25) is 0 Å². The van der Waals surface area contributed by atoms with Gasteiger partial charge in [0.05, 0.1) is 18.3 Å². The van der Waals surface area contributed by atoms with E-state index in [9.17, 15) is 15.3 Å². The van der Waals surface area contributed by atoms with Crippen molar-refractivity contribution in [1.82, 2.24) is 0 Å². The lowest BCUT2D eigenvalue weighted by molar-refractivity contribution is 0.0596. The summed E-state index contributed by atoms with van der Waals surface area (Å²) in [5.41, 5.74) is 3.54. The Labute approximate surface area is 190 Å². The van der Waals surface area contributed by atoms with E-state index < -0.39 is 5.60 Å². The molecule has 3 heteroatoms. The van der Waals surface area contributed by atoms with Crippen LogP contribution in [-0.4, -0.2) is 33.6 Å². The minimum Gasteiger partial charge on any atom is -0.396 e. The first-order valence-electron chi connectivity index (χ1n) is 12.6. The maximum absolute atomic E-state index is 10.2. The van der Waals surface area contributed by atoms with Gasteiger partial charge in [0, 0.05) is 5.92 Å². The zero-order chi connectivity index (χ0) is 22.8. The summed E-state index contributed by atoms with van der Waals surface area (Å²) in [5, 5.41) is 29.9. The Morgan fingerprint density at radius 1 is 1.26 bits per heavy atom. The molecule has 0 aliphatic heterocycles. The Balaban J connectivity index is 1.71. The normalized spacial score (nSPS) is 38.0. The molecule has 3 rings (SSSR count). The van der Waals surface area contributed by atoms with Crippen LogP contribution >= 0.6 is 0 Å². The van der Waals surface area contributed by atoms with E-state index in [4.69, 9.17) is 0 Å². The maximum Gasteiger partial charge on any atom is 0.0591 e. The number of hydrogen-bond acceptors (Lipinski definition) is 3. The van der Waals surface area contributed by atoms with E-state index in [0.29, 0.717) is 30.1 Å². The minimum atomic E-state index is -0.554. The largest absolute Gasteiger partial charge is 0.396 e. The molecule has 0 aromatic heterocycles. The second-order valence-electron chi connectivity index (χ2n) is 11.7. The van der Waals surface area contributed by atoms with Crippen LogP contribution in [0.4, 0.5) is 0 Å². The van der Waals surface area contributed by atoms with Gasteiger partial charge in [-0.2, -0.15) is 0 Å². The number of aliphatic hydroxyl groups is 3. The lowest BCUT2D eigenvalue weighted by Crippen LogP contribution is -2.36. The fourth-order valence-corrected chi connectivity index (χ4v) is 7.04. The van der Waals surface area contributed by atoms with Gasteiger partial charge >= 0.3 is 0 Å². The zero-order valence-electron chi connectivity index (χ0n) is 20.4. The number of rotatable bonds is 7. The molecule has 0 amide bonds. The number of allylic oxidation sites excluding steroid dienone is 3. The van der Waals surface area contributed by atoms with Crippen molar-refractivity contribution in [3.63, 3.8) is 0 Å². The molecule has 0 aromatic carbocycles. The zero-order valence-corrected chi connectivity index (χ0v) is 20.4. The summed E-state index contributed by atoms with van der Waals surface area (Å²) in [4.78, 5) is 0. The Kier molecular flexibility index (Phi) is 7.92. The second-order valence-corrected chi connectivity index (χ2v) is 11.7. The van der Waals surface area contributed by atoms with Crippen molar-refractivity contribution in [2.24, 2.45) is 29.1 Å². The molecule has 6 atom stereocenters. The van der Waals surface area contributed by atoms with E-state index >= 15 is 0 Å².